The van der Waals surface area contributed by atoms with E-state index in [1.165, 1.54) is 0 Å². The fourth-order valence-electron chi connectivity index (χ4n) is 1.77. The molecular weight excluding hydrogens is 178 g/mol. The average Bonchev–Trinajstić information content (AvgIpc) is 2.31. The number of carbonyl (C=O) groups excluding carboxylic acids is 2. The van der Waals surface area contributed by atoms with Gasteiger partial charge in [-0.15, -0.1) is 6.58 Å². The first-order valence-corrected chi connectivity index (χ1v) is 4.89. The Morgan fingerprint density at radius 3 is 2.50 bits per heavy atom. The molecule has 0 spiro atoms. The lowest BCUT2D eigenvalue weighted by Crippen LogP contribution is -2.34. The van der Waals surface area contributed by atoms with E-state index in [9.17, 15) is 9.59 Å². The third-order valence-electron chi connectivity index (χ3n) is 2.83. The highest BCUT2D eigenvalue weighted by molar-refractivity contribution is 6.14. The van der Waals surface area contributed by atoms with Gasteiger partial charge in [-0.3, -0.25) is 9.59 Å². The Bertz CT molecular complexity index is 283. The molecule has 3 nitrogen and oxygen atoms in total. The Hall–Kier alpha value is -1.12. The molecule has 1 aliphatic rings. The topological polar surface area (TPSA) is 46.2 Å². The molecule has 0 saturated carbocycles. The first-order valence-electron chi connectivity index (χ1n) is 4.89. The Morgan fingerprint density at radius 1 is 1.57 bits per heavy atom. The molecule has 1 fully saturated rings. The maximum Gasteiger partial charge on any atom is 0.234 e. The Labute approximate surface area is 84.6 Å². The zero-order chi connectivity index (χ0) is 10.9. The van der Waals surface area contributed by atoms with E-state index in [-0.39, 0.29) is 23.7 Å². The van der Waals surface area contributed by atoms with Gasteiger partial charge in [0, 0.05) is 0 Å². The number of nitrogens with one attached hydrogen (secondary N) is 1. The molecule has 0 radical (unpaired) electrons. The molecule has 2 atom stereocenters. The molecule has 1 amide bonds. The van der Waals surface area contributed by atoms with Gasteiger partial charge < -0.3 is 5.32 Å². The van der Waals surface area contributed by atoms with Crippen LogP contribution in [0.25, 0.3) is 0 Å². The summed E-state index contributed by atoms with van der Waals surface area (Å²) in [6, 6.07) is -0.326. The molecule has 78 valence electrons. The van der Waals surface area contributed by atoms with Gasteiger partial charge in [-0.2, -0.15) is 0 Å². The molecule has 0 aromatic rings. The van der Waals surface area contributed by atoms with Crippen LogP contribution in [0.15, 0.2) is 12.7 Å². The second-order valence-corrected chi connectivity index (χ2v) is 4.38. The number of ketones is 1. The van der Waals surface area contributed by atoms with Crippen molar-refractivity contribution >= 4 is 11.7 Å². The Kier molecular flexibility index (Phi) is 2.79. The lowest BCUT2D eigenvalue weighted by atomic mass is 9.80. The van der Waals surface area contributed by atoms with Gasteiger partial charge in [0.25, 0.3) is 0 Å². The van der Waals surface area contributed by atoms with E-state index in [0.29, 0.717) is 6.42 Å². The van der Waals surface area contributed by atoms with Crippen LogP contribution in [-0.4, -0.2) is 17.7 Å². The monoisotopic (exact) mass is 195 g/mol. The SMILES string of the molecule is C=CC[C@@]1(C)C(=O)N[C@@H](C(C)C)C1=O. The fourth-order valence-corrected chi connectivity index (χ4v) is 1.77. The third kappa shape index (κ3) is 1.47. The Morgan fingerprint density at radius 2 is 2.14 bits per heavy atom. The molecule has 0 aliphatic carbocycles. The molecule has 0 unspecified atom stereocenters. The van der Waals surface area contributed by atoms with Gasteiger partial charge >= 0.3 is 0 Å². The van der Waals surface area contributed by atoms with Crippen molar-refractivity contribution in [2.75, 3.05) is 0 Å². The first kappa shape index (κ1) is 11.0. The summed E-state index contributed by atoms with van der Waals surface area (Å²) in [4.78, 5) is 23.6. The van der Waals surface area contributed by atoms with Crippen LogP contribution in [0.3, 0.4) is 0 Å². The molecule has 1 heterocycles. The fraction of sp³-hybridized carbons (Fsp3) is 0.636. The summed E-state index contributed by atoms with van der Waals surface area (Å²) in [7, 11) is 0. The summed E-state index contributed by atoms with van der Waals surface area (Å²) in [5.74, 6) is -0.0170. The quantitative estimate of drug-likeness (QED) is 0.545. The molecular formula is C11H17NO2. The number of amides is 1. The van der Waals surface area contributed by atoms with Crippen molar-refractivity contribution in [1.29, 1.82) is 0 Å². The summed E-state index contributed by atoms with van der Waals surface area (Å²) in [6.07, 6.45) is 2.04. The molecule has 14 heavy (non-hydrogen) atoms. The predicted molar refractivity (Wildman–Crippen MR) is 54.7 cm³/mol. The number of Topliss-reactive ketones (excluding diaryl/α,β-unsaturated/α-hetero) is 1. The van der Waals surface area contributed by atoms with Gasteiger partial charge in [0.05, 0.1) is 6.04 Å². The van der Waals surface area contributed by atoms with E-state index >= 15 is 0 Å². The molecule has 1 N–H and O–H groups in total. The molecule has 3 heteroatoms. The van der Waals surface area contributed by atoms with Crippen molar-refractivity contribution in [2.24, 2.45) is 11.3 Å². The predicted octanol–water partition coefficient (Wildman–Crippen LogP) is 1.29. The summed E-state index contributed by atoms with van der Waals surface area (Å²) >= 11 is 0. The van der Waals surface area contributed by atoms with Crippen LogP contribution in [0.4, 0.5) is 0 Å². The van der Waals surface area contributed by atoms with Crippen molar-refractivity contribution in [3.8, 4) is 0 Å². The Balaban J connectivity index is 2.95. The molecule has 0 aromatic heterocycles. The highest BCUT2D eigenvalue weighted by Crippen LogP contribution is 2.32. The first-order chi connectivity index (χ1) is 6.43. The summed E-state index contributed by atoms with van der Waals surface area (Å²) < 4.78 is 0. The van der Waals surface area contributed by atoms with Crippen LogP contribution in [-0.2, 0) is 9.59 Å². The number of hydrogen-bond acceptors (Lipinski definition) is 2. The van der Waals surface area contributed by atoms with Crippen molar-refractivity contribution in [3.05, 3.63) is 12.7 Å². The van der Waals surface area contributed by atoms with E-state index < -0.39 is 5.41 Å². The lowest BCUT2D eigenvalue weighted by Gasteiger charge is -2.17. The summed E-state index contributed by atoms with van der Waals surface area (Å²) in [5.41, 5.74) is -0.892. The number of hydrogen-bond donors (Lipinski definition) is 1. The van der Waals surface area contributed by atoms with Gasteiger partial charge in [-0.05, 0) is 19.3 Å². The maximum absolute atomic E-state index is 11.9. The highest BCUT2D eigenvalue weighted by atomic mass is 16.2. The average molecular weight is 195 g/mol. The third-order valence-corrected chi connectivity index (χ3v) is 2.83. The largest absolute Gasteiger partial charge is 0.345 e. The molecule has 0 bridgehead atoms. The minimum absolute atomic E-state index is 0.00241. The van der Waals surface area contributed by atoms with Crippen LogP contribution >= 0.6 is 0 Å². The number of rotatable bonds is 3. The van der Waals surface area contributed by atoms with Crippen molar-refractivity contribution < 1.29 is 9.59 Å². The van der Waals surface area contributed by atoms with E-state index in [4.69, 9.17) is 0 Å². The number of carbonyl (C=O) groups is 2. The van der Waals surface area contributed by atoms with Gasteiger partial charge in [0.2, 0.25) is 5.91 Å². The van der Waals surface area contributed by atoms with Crippen LogP contribution in [0.1, 0.15) is 27.2 Å². The van der Waals surface area contributed by atoms with Crippen LogP contribution in [0, 0.1) is 11.3 Å². The second-order valence-electron chi connectivity index (χ2n) is 4.38. The normalized spacial score (nSPS) is 32.1. The van der Waals surface area contributed by atoms with Gasteiger partial charge in [0.1, 0.15) is 5.41 Å². The minimum Gasteiger partial charge on any atom is -0.345 e. The summed E-state index contributed by atoms with van der Waals surface area (Å²) in [6.45, 7) is 9.13. The van der Waals surface area contributed by atoms with Crippen molar-refractivity contribution in [2.45, 2.75) is 33.2 Å². The number of allylic oxidation sites excluding steroid dienone is 1. The molecule has 1 rings (SSSR count). The van der Waals surface area contributed by atoms with Gasteiger partial charge in [0.15, 0.2) is 5.78 Å². The van der Waals surface area contributed by atoms with Crippen LogP contribution in [0.5, 0.6) is 0 Å². The van der Waals surface area contributed by atoms with Crippen molar-refractivity contribution in [3.63, 3.8) is 0 Å². The van der Waals surface area contributed by atoms with Gasteiger partial charge in [-0.1, -0.05) is 19.9 Å². The lowest BCUT2D eigenvalue weighted by molar-refractivity contribution is -0.134. The van der Waals surface area contributed by atoms with Crippen LogP contribution in [0.2, 0.25) is 0 Å². The maximum atomic E-state index is 11.9. The van der Waals surface area contributed by atoms with Gasteiger partial charge in [-0.25, -0.2) is 0 Å². The van der Waals surface area contributed by atoms with E-state index in [2.05, 4.69) is 11.9 Å². The smallest absolute Gasteiger partial charge is 0.234 e. The zero-order valence-corrected chi connectivity index (χ0v) is 8.96. The molecule has 0 aromatic carbocycles. The molecule has 1 aliphatic heterocycles. The van der Waals surface area contributed by atoms with Crippen LogP contribution < -0.4 is 5.32 Å². The zero-order valence-electron chi connectivity index (χ0n) is 8.96. The van der Waals surface area contributed by atoms with E-state index in [1.54, 1.807) is 13.0 Å². The van der Waals surface area contributed by atoms with E-state index in [1.807, 2.05) is 13.8 Å². The minimum atomic E-state index is -0.892. The van der Waals surface area contributed by atoms with E-state index in [0.717, 1.165) is 0 Å². The molecule has 1 saturated heterocycles. The standard InChI is InChI=1S/C11H17NO2/c1-5-6-11(4)9(13)8(7(2)3)12-10(11)14/h5,7-8H,1,6H2,2-4H3,(H,12,14)/t8-,11+/m0/s1. The van der Waals surface area contributed by atoms with Crippen molar-refractivity contribution in [1.82, 2.24) is 5.32 Å². The summed E-state index contributed by atoms with van der Waals surface area (Å²) in [5, 5.41) is 2.74. The highest BCUT2D eigenvalue weighted by Gasteiger charge is 2.50. The second kappa shape index (κ2) is 3.56.